The maximum atomic E-state index is 9.34. The van der Waals surface area contributed by atoms with Crippen LogP contribution >= 0.6 is 0 Å². The number of nitriles is 1. The van der Waals surface area contributed by atoms with Crippen LogP contribution in [0.1, 0.15) is 11.1 Å². The van der Waals surface area contributed by atoms with Crippen molar-refractivity contribution in [3.63, 3.8) is 0 Å². The quantitative estimate of drug-likeness (QED) is 0.717. The van der Waals surface area contributed by atoms with Crippen LogP contribution in [0.15, 0.2) is 65.7 Å². The van der Waals surface area contributed by atoms with Gasteiger partial charge in [0.05, 0.1) is 0 Å². The average molecular weight is 287 g/mol. The van der Waals surface area contributed by atoms with Crippen molar-refractivity contribution >= 4 is 23.5 Å². The van der Waals surface area contributed by atoms with Gasteiger partial charge in [-0.1, -0.05) is 48.5 Å². The average Bonchev–Trinajstić information content (AvgIpc) is 2.96. The molecule has 3 aromatic rings. The number of H-pyrrole nitrogens is 1. The minimum Gasteiger partial charge on any atom is -0.338 e. The molecule has 3 rings (SSSR count). The van der Waals surface area contributed by atoms with E-state index in [1.54, 1.807) is 6.21 Å². The van der Waals surface area contributed by atoms with Crippen molar-refractivity contribution in [3.05, 3.63) is 71.8 Å². The lowest BCUT2D eigenvalue weighted by molar-refractivity contribution is 1.09. The third kappa shape index (κ3) is 3.02. The van der Waals surface area contributed by atoms with E-state index in [1.165, 1.54) is 0 Å². The van der Waals surface area contributed by atoms with E-state index in [0.29, 0.717) is 17.2 Å². The maximum absolute atomic E-state index is 9.34. The molecule has 0 saturated carbocycles. The molecule has 2 aromatic carbocycles. The number of aliphatic imine (C=N–C) groups is 1. The van der Waals surface area contributed by atoms with Gasteiger partial charge in [0.2, 0.25) is 0 Å². The summed E-state index contributed by atoms with van der Waals surface area (Å²) in [5.41, 5.74) is 2.21. The SMILES string of the molecule is N#Cc1c(Nc2ccccc2)n[nH]c1/N=C/c1ccccc1. The first kappa shape index (κ1) is 13.6. The molecule has 106 valence electrons. The number of rotatable bonds is 4. The molecular weight excluding hydrogens is 274 g/mol. The largest absolute Gasteiger partial charge is 0.338 e. The molecule has 0 amide bonds. The minimum atomic E-state index is 0.385. The fraction of sp³-hybridized carbons (Fsp3) is 0. The Balaban J connectivity index is 1.85. The van der Waals surface area contributed by atoms with Crippen molar-refractivity contribution in [2.75, 3.05) is 5.32 Å². The van der Waals surface area contributed by atoms with Crippen LogP contribution in [0.5, 0.6) is 0 Å². The number of benzene rings is 2. The summed E-state index contributed by atoms with van der Waals surface area (Å²) in [4.78, 5) is 4.30. The first-order valence-electron chi connectivity index (χ1n) is 6.76. The van der Waals surface area contributed by atoms with Gasteiger partial charge >= 0.3 is 0 Å². The van der Waals surface area contributed by atoms with Gasteiger partial charge in [-0.2, -0.15) is 10.4 Å². The monoisotopic (exact) mass is 287 g/mol. The first-order valence-corrected chi connectivity index (χ1v) is 6.76. The fourth-order valence-electron chi connectivity index (χ4n) is 1.96. The highest BCUT2D eigenvalue weighted by molar-refractivity contribution is 5.83. The van der Waals surface area contributed by atoms with Gasteiger partial charge in [-0.05, 0) is 17.7 Å². The van der Waals surface area contributed by atoms with Crippen LogP contribution in [0.3, 0.4) is 0 Å². The fourth-order valence-corrected chi connectivity index (χ4v) is 1.96. The van der Waals surface area contributed by atoms with E-state index in [1.807, 2.05) is 60.7 Å². The highest BCUT2D eigenvalue weighted by atomic mass is 15.2. The zero-order valence-electron chi connectivity index (χ0n) is 11.7. The Labute approximate surface area is 128 Å². The van der Waals surface area contributed by atoms with E-state index >= 15 is 0 Å². The molecule has 5 nitrogen and oxygen atoms in total. The summed E-state index contributed by atoms with van der Waals surface area (Å²) in [5.74, 6) is 0.902. The predicted molar refractivity (Wildman–Crippen MR) is 86.7 cm³/mol. The number of para-hydroxylation sites is 1. The van der Waals surface area contributed by atoms with Crippen molar-refractivity contribution in [3.8, 4) is 6.07 Å². The second kappa shape index (κ2) is 6.37. The smallest absolute Gasteiger partial charge is 0.172 e. The Kier molecular flexibility index (Phi) is 3.94. The number of hydrogen-bond acceptors (Lipinski definition) is 4. The Bertz CT molecular complexity index is 813. The summed E-state index contributed by atoms with van der Waals surface area (Å²) >= 11 is 0. The molecule has 0 radical (unpaired) electrons. The summed E-state index contributed by atoms with van der Waals surface area (Å²) in [6.45, 7) is 0. The number of nitrogens with zero attached hydrogens (tertiary/aromatic N) is 3. The first-order chi connectivity index (χ1) is 10.9. The van der Waals surface area contributed by atoms with Crippen molar-refractivity contribution in [1.82, 2.24) is 10.2 Å². The molecule has 0 aliphatic rings. The topological polar surface area (TPSA) is 76.9 Å². The summed E-state index contributed by atoms with van der Waals surface area (Å²) in [7, 11) is 0. The standard InChI is InChI=1S/C17H13N5/c18-11-15-16(19-12-13-7-3-1-4-8-13)21-22-17(15)20-14-9-5-2-6-10-14/h1-10,12H,(H2,20,21,22)/b19-12+. The summed E-state index contributed by atoms with van der Waals surface area (Å²) < 4.78 is 0. The van der Waals surface area contributed by atoms with E-state index in [4.69, 9.17) is 0 Å². The van der Waals surface area contributed by atoms with Crippen LogP contribution < -0.4 is 5.32 Å². The number of anilines is 2. The lowest BCUT2D eigenvalue weighted by Gasteiger charge is -2.01. The van der Waals surface area contributed by atoms with E-state index in [9.17, 15) is 5.26 Å². The Morgan fingerprint density at radius 1 is 1.05 bits per heavy atom. The Hall–Kier alpha value is -3.39. The van der Waals surface area contributed by atoms with Crippen LogP contribution in [-0.2, 0) is 0 Å². The van der Waals surface area contributed by atoms with Crippen LogP contribution in [0.25, 0.3) is 0 Å². The second-order valence-corrected chi connectivity index (χ2v) is 4.57. The molecule has 1 aromatic heterocycles. The lowest BCUT2D eigenvalue weighted by Crippen LogP contribution is -1.92. The normalized spacial score (nSPS) is 10.5. The van der Waals surface area contributed by atoms with Crippen LogP contribution in [0.2, 0.25) is 0 Å². The van der Waals surface area contributed by atoms with Crippen molar-refractivity contribution in [2.24, 2.45) is 4.99 Å². The molecule has 5 heteroatoms. The van der Waals surface area contributed by atoms with E-state index in [-0.39, 0.29) is 0 Å². The summed E-state index contributed by atoms with van der Waals surface area (Å²) in [6.07, 6.45) is 1.70. The van der Waals surface area contributed by atoms with Gasteiger partial charge < -0.3 is 5.32 Å². The Morgan fingerprint density at radius 2 is 1.73 bits per heavy atom. The van der Waals surface area contributed by atoms with Crippen molar-refractivity contribution in [1.29, 1.82) is 5.26 Å². The third-order valence-electron chi connectivity index (χ3n) is 3.04. The molecule has 0 saturated heterocycles. The van der Waals surface area contributed by atoms with Crippen molar-refractivity contribution in [2.45, 2.75) is 0 Å². The Morgan fingerprint density at radius 3 is 2.41 bits per heavy atom. The molecule has 22 heavy (non-hydrogen) atoms. The van der Waals surface area contributed by atoms with Gasteiger partial charge in [-0.25, -0.2) is 4.99 Å². The molecule has 0 fully saturated rings. The molecule has 0 unspecified atom stereocenters. The highest BCUT2D eigenvalue weighted by Gasteiger charge is 2.12. The van der Waals surface area contributed by atoms with Crippen LogP contribution in [0, 0.1) is 11.3 Å². The molecule has 0 bridgehead atoms. The van der Waals surface area contributed by atoms with Gasteiger partial charge in [0, 0.05) is 11.9 Å². The summed E-state index contributed by atoms with van der Waals surface area (Å²) in [5, 5.41) is 19.3. The van der Waals surface area contributed by atoms with E-state index in [0.717, 1.165) is 11.3 Å². The van der Waals surface area contributed by atoms with Gasteiger partial charge in [0.1, 0.15) is 11.6 Å². The number of aromatic nitrogens is 2. The molecule has 1 heterocycles. The zero-order chi connectivity index (χ0) is 15.2. The predicted octanol–water partition coefficient (Wildman–Crippen LogP) is 3.78. The zero-order valence-corrected chi connectivity index (χ0v) is 11.7. The molecule has 0 atom stereocenters. The second-order valence-electron chi connectivity index (χ2n) is 4.57. The van der Waals surface area contributed by atoms with Gasteiger partial charge in [-0.15, -0.1) is 0 Å². The summed E-state index contributed by atoms with van der Waals surface area (Å²) in [6, 6.07) is 21.4. The number of hydrogen-bond donors (Lipinski definition) is 2. The number of nitrogens with one attached hydrogen (secondary N) is 2. The molecular formula is C17H13N5. The maximum Gasteiger partial charge on any atom is 0.172 e. The molecule has 0 spiro atoms. The van der Waals surface area contributed by atoms with Gasteiger partial charge in [0.25, 0.3) is 0 Å². The van der Waals surface area contributed by atoms with Gasteiger partial charge in [0.15, 0.2) is 11.6 Å². The minimum absolute atomic E-state index is 0.385. The molecule has 0 aliphatic carbocycles. The van der Waals surface area contributed by atoms with Gasteiger partial charge in [-0.3, -0.25) is 5.10 Å². The highest BCUT2D eigenvalue weighted by Crippen LogP contribution is 2.25. The number of aromatic amines is 1. The van der Waals surface area contributed by atoms with E-state index in [2.05, 4.69) is 26.6 Å². The van der Waals surface area contributed by atoms with E-state index < -0.39 is 0 Å². The lowest BCUT2D eigenvalue weighted by atomic mass is 10.2. The van der Waals surface area contributed by atoms with Crippen LogP contribution in [-0.4, -0.2) is 16.4 Å². The van der Waals surface area contributed by atoms with Crippen molar-refractivity contribution < 1.29 is 0 Å². The molecule has 0 aliphatic heterocycles. The third-order valence-corrected chi connectivity index (χ3v) is 3.04. The molecule has 2 N–H and O–H groups in total. The van der Waals surface area contributed by atoms with Crippen LogP contribution in [0.4, 0.5) is 17.3 Å².